The van der Waals surface area contributed by atoms with Gasteiger partial charge in [0.15, 0.2) is 0 Å². The van der Waals surface area contributed by atoms with E-state index in [-0.39, 0.29) is 18.4 Å². The molecule has 0 aromatic carbocycles. The molecule has 18 heavy (non-hydrogen) atoms. The van der Waals surface area contributed by atoms with Crippen molar-refractivity contribution in [2.45, 2.75) is 20.8 Å². The van der Waals surface area contributed by atoms with Gasteiger partial charge in [-0.2, -0.15) is 0 Å². The standard InChI is InChI=1S/C13H20N2O2S/c1-5-15(6-2)12(16)9-14(4)13(17)11-8-7-10(3)18-11/h7-8H,5-6,9H2,1-4H3. The molecule has 0 spiro atoms. The molecule has 0 saturated heterocycles. The van der Waals surface area contributed by atoms with E-state index >= 15 is 0 Å². The van der Waals surface area contributed by atoms with Crippen molar-refractivity contribution >= 4 is 23.2 Å². The monoisotopic (exact) mass is 268 g/mol. The number of hydrogen-bond donors (Lipinski definition) is 0. The smallest absolute Gasteiger partial charge is 0.264 e. The lowest BCUT2D eigenvalue weighted by Gasteiger charge is -2.22. The maximum atomic E-state index is 12.1. The first-order valence-corrected chi connectivity index (χ1v) is 6.90. The highest BCUT2D eigenvalue weighted by Gasteiger charge is 2.18. The van der Waals surface area contributed by atoms with Crippen LogP contribution in [0.1, 0.15) is 28.4 Å². The van der Waals surface area contributed by atoms with Crippen molar-refractivity contribution in [3.05, 3.63) is 21.9 Å². The fourth-order valence-electron chi connectivity index (χ4n) is 1.69. The highest BCUT2D eigenvalue weighted by Crippen LogP contribution is 2.16. The zero-order valence-corrected chi connectivity index (χ0v) is 12.2. The Balaban J connectivity index is 2.63. The third-order valence-corrected chi connectivity index (χ3v) is 3.78. The second-order valence-corrected chi connectivity index (χ2v) is 5.43. The van der Waals surface area contributed by atoms with Crippen LogP contribution in [0.2, 0.25) is 0 Å². The Bertz CT molecular complexity index is 424. The van der Waals surface area contributed by atoms with Gasteiger partial charge in [0.05, 0.1) is 11.4 Å². The summed E-state index contributed by atoms with van der Waals surface area (Å²) in [6.45, 7) is 7.32. The predicted molar refractivity (Wildman–Crippen MR) is 73.9 cm³/mol. The zero-order valence-electron chi connectivity index (χ0n) is 11.4. The Morgan fingerprint density at radius 3 is 2.28 bits per heavy atom. The van der Waals surface area contributed by atoms with Crippen molar-refractivity contribution in [2.24, 2.45) is 0 Å². The predicted octanol–water partition coefficient (Wildman–Crippen LogP) is 2.00. The number of rotatable bonds is 5. The quantitative estimate of drug-likeness (QED) is 0.819. The van der Waals surface area contributed by atoms with Crippen molar-refractivity contribution in [2.75, 3.05) is 26.7 Å². The molecular formula is C13H20N2O2S. The van der Waals surface area contributed by atoms with Crippen LogP contribution in [0.15, 0.2) is 12.1 Å². The summed E-state index contributed by atoms with van der Waals surface area (Å²) in [6, 6.07) is 3.72. The number of nitrogens with zero attached hydrogens (tertiary/aromatic N) is 2. The minimum Gasteiger partial charge on any atom is -0.342 e. The van der Waals surface area contributed by atoms with Crippen molar-refractivity contribution < 1.29 is 9.59 Å². The number of hydrogen-bond acceptors (Lipinski definition) is 3. The third kappa shape index (κ3) is 3.57. The van der Waals surface area contributed by atoms with Gasteiger partial charge in [-0.25, -0.2) is 0 Å². The lowest BCUT2D eigenvalue weighted by molar-refractivity contribution is -0.131. The molecule has 0 N–H and O–H groups in total. The highest BCUT2D eigenvalue weighted by atomic mass is 32.1. The van der Waals surface area contributed by atoms with Crippen LogP contribution < -0.4 is 0 Å². The van der Waals surface area contributed by atoms with Crippen LogP contribution in [-0.4, -0.2) is 48.3 Å². The van der Waals surface area contributed by atoms with E-state index in [1.807, 2.05) is 26.8 Å². The van der Waals surface area contributed by atoms with E-state index in [1.165, 1.54) is 16.2 Å². The van der Waals surface area contributed by atoms with Crippen molar-refractivity contribution in [1.29, 1.82) is 0 Å². The summed E-state index contributed by atoms with van der Waals surface area (Å²) in [4.78, 5) is 28.9. The summed E-state index contributed by atoms with van der Waals surface area (Å²) in [5.41, 5.74) is 0. The summed E-state index contributed by atoms with van der Waals surface area (Å²) >= 11 is 1.46. The molecule has 1 aromatic heterocycles. The summed E-state index contributed by atoms with van der Waals surface area (Å²) in [7, 11) is 1.67. The number of carbonyl (C=O) groups is 2. The van der Waals surface area contributed by atoms with E-state index in [0.717, 1.165) is 4.88 Å². The van der Waals surface area contributed by atoms with Gasteiger partial charge in [-0.1, -0.05) is 0 Å². The second-order valence-electron chi connectivity index (χ2n) is 4.14. The number of thiophene rings is 1. The number of carbonyl (C=O) groups excluding carboxylic acids is 2. The molecule has 0 aliphatic heterocycles. The van der Waals surface area contributed by atoms with Crippen LogP contribution >= 0.6 is 11.3 Å². The first-order chi connectivity index (χ1) is 8.49. The molecule has 1 rings (SSSR count). The average Bonchev–Trinajstić information content (AvgIpc) is 2.76. The van der Waals surface area contributed by atoms with Gasteiger partial charge in [0.25, 0.3) is 5.91 Å². The van der Waals surface area contributed by atoms with Gasteiger partial charge in [-0.15, -0.1) is 11.3 Å². The van der Waals surface area contributed by atoms with Gasteiger partial charge in [0.2, 0.25) is 5.91 Å². The van der Waals surface area contributed by atoms with Crippen molar-refractivity contribution in [3.63, 3.8) is 0 Å². The molecule has 5 heteroatoms. The zero-order chi connectivity index (χ0) is 13.7. The van der Waals surface area contributed by atoms with Crippen LogP contribution in [0.4, 0.5) is 0 Å². The van der Waals surface area contributed by atoms with Crippen LogP contribution in [0, 0.1) is 6.92 Å². The molecule has 100 valence electrons. The molecule has 0 bridgehead atoms. The van der Waals surface area contributed by atoms with Crippen molar-refractivity contribution in [1.82, 2.24) is 9.80 Å². The molecule has 4 nitrogen and oxygen atoms in total. The van der Waals surface area contributed by atoms with E-state index in [1.54, 1.807) is 18.0 Å². The van der Waals surface area contributed by atoms with E-state index in [9.17, 15) is 9.59 Å². The minimum atomic E-state index is -0.0893. The topological polar surface area (TPSA) is 40.6 Å². The lowest BCUT2D eigenvalue weighted by Crippen LogP contribution is -2.40. The van der Waals surface area contributed by atoms with E-state index in [4.69, 9.17) is 0 Å². The largest absolute Gasteiger partial charge is 0.342 e. The fraction of sp³-hybridized carbons (Fsp3) is 0.538. The van der Waals surface area contributed by atoms with Crippen LogP contribution in [-0.2, 0) is 4.79 Å². The summed E-state index contributed by atoms with van der Waals surface area (Å²) in [6.07, 6.45) is 0. The number of aryl methyl sites for hydroxylation is 1. The van der Waals surface area contributed by atoms with Gasteiger partial charge in [-0.3, -0.25) is 9.59 Å². The molecule has 0 aliphatic carbocycles. The van der Waals surface area contributed by atoms with Gasteiger partial charge in [-0.05, 0) is 32.9 Å². The molecule has 0 saturated carbocycles. The molecule has 0 unspecified atom stereocenters. The molecule has 1 heterocycles. The first-order valence-electron chi connectivity index (χ1n) is 6.09. The Morgan fingerprint density at radius 1 is 1.22 bits per heavy atom. The Hall–Kier alpha value is -1.36. The molecular weight excluding hydrogens is 248 g/mol. The van der Waals surface area contributed by atoms with Gasteiger partial charge >= 0.3 is 0 Å². The fourth-order valence-corrected chi connectivity index (χ4v) is 2.55. The van der Waals surface area contributed by atoms with Crippen LogP contribution in [0.25, 0.3) is 0 Å². The maximum absolute atomic E-state index is 12.1. The first kappa shape index (κ1) is 14.7. The van der Waals surface area contributed by atoms with Crippen molar-refractivity contribution in [3.8, 4) is 0 Å². The number of amides is 2. The van der Waals surface area contributed by atoms with Gasteiger partial charge < -0.3 is 9.80 Å². The SMILES string of the molecule is CCN(CC)C(=O)CN(C)C(=O)c1ccc(C)s1. The molecule has 0 atom stereocenters. The van der Waals surface area contributed by atoms with Gasteiger partial charge in [0.1, 0.15) is 0 Å². The summed E-state index contributed by atoms with van der Waals surface area (Å²) in [5, 5.41) is 0. The Labute approximate surface area is 112 Å². The van der Waals surface area contributed by atoms with Crippen LogP contribution in [0.3, 0.4) is 0 Å². The lowest BCUT2D eigenvalue weighted by atomic mass is 10.3. The molecule has 0 radical (unpaired) electrons. The van der Waals surface area contributed by atoms with E-state index in [0.29, 0.717) is 18.0 Å². The highest BCUT2D eigenvalue weighted by molar-refractivity contribution is 7.13. The molecule has 0 fully saturated rings. The van der Waals surface area contributed by atoms with E-state index < -0.39 is 0 Å². The molecule has 1 aromatic rings. The Morgan fingerprint density at radius 2 is 1.83 bits per heavy atom. The number of likely N-dealkylation sites (N-methyl/N-ethyl adjacent to an activating group) is 2. The van der Waals surface area contributed by atoms with Crippen LogP contribution in [0.5, 0.6) is 0 Å². The molecule has 0 aliphatic rings. The molecule has 2 amide bonds. The summed E-state index contributed by atoms with van der Waals surface area (Å²) in [5.74, 6) is -0.0993. The maximum Gasteiger partial charge on any atom is 0.264 e. The summed E-state index contributed by atoms with van der Waals surface area (Å²) < 4.78 is 0. The van der Waals surface area contributed by atoms with Gasteiger partial charge in [0, 0.05) is 25.0 Å². The Kier molecular flexibility index (Phi) is 5.34. The second kappa shape index (κ2) is 6.54. The third-order valence-electron chi connectivity index (χ3n) is 2.79. The normalized spacial score (nSPS) is 10.2. The minimum absolute atomic E-state index is 0.0101. The average molecular weight is 268 g/mol. The van der Waals surface area contributed by atoms with E-state index in [2.05, 4.69) is 0 Å².